The molecule has 56 valence electrons. The molecule has 0 radical (unpaired) electrons. The van der Waals surface area contributed by atoms with Crippen LogP contribution in [0.1, 0.15) is 0 Å². The quantitative estimate of drug-likeness (QED) is 0.615. The summed E-state index contributed by atoms with van der Waals surface area (Å²) in [4.78, 5) is 0. The van der Waals surface area contributed by atoms with Gasteiger partial charge >= 0.3 is 0 Å². The fourth-order valence-electron chi connectivity index (χ4n) is 0.568. The minimum Gasteiger partial charge on any atom is -0.289 e. The van der Waals surface area contributed by atoms with Gasteiger partial charge in [-0.25, -0.2) is 4.21 Å². The Hall–Kier alpha value is -0.680. The molecular formula is C5H8N2O2S. The molecule has 1 aromatic heterocycles. The van der Waals surface area contributed by atoms with Crippen LogP contribution in [0.2, 0.25) is 0 Å². The van der Waals surface area contributed by atoms with Gasteiger partial charge < -0.3 is 0 Å². The summed E-state index contributed by atoms with van der Waals surface area (Å²) in [5, 5.41) is 4.32. The van der Waals surface area contributed by atoms with Crippen molar-refractivity contribution in [2.24, 2.45) is 7.05 Å². The van der Waals surface area contributed by atoms with Crippen LogP contribution in [0, 0.1) is 0 Å². The van der Waals surface area contributed by atoms with E-state index >= 15 is 0 Å². The van der Waals surface area contributed by atoms with Crippen molar-refractivity contribution in [3.63, 3.8) is 0 Å². The Morgan fingerprint density at radius 2 is 2.50 bits per heavy atom. The molecule has 1 atom stereocenters. The van der Waals surface area contributed by atoms with Crippen LogP contribution in [0.25, 0.3) is 0 Å². The number of hydrogen-bond acceptors (Lipinski definition) is 3. The molecular weight excluding hydrogens is 152 g/mol. The molecule has 0 bridgehead atoms. The Balaban J connectivity index is 2.85. The van der Waals surface area contributed by atoms with Gasteiger partial charge in [0.05, 0.1) is 7.11 Å². The molecule has 0 aliphatic heterocycles. The van der Waals surface area contributed by atoms with Gasteiger partial charge in [-0.1, -0.05) is 0 Å². The smallest absolute Gasteiger partial charge is 0.209 e. The molecule has 1 heterocycles. The van der Waals surface area contributed by atoms with E-state index in [4.69, 9.17) is 0 Å². The van der Waals surface area contributed by atoms with E-state index in [0.29, 0.717) is 5.03 Å². The lowest BCUT2D eigenvalue weighted by atomic mass is 10.7. The van der Waals surface area contributed by atoms with E-state index in [1.807, 2.05) is 0 Å². The van der Waals surface area contributed by atoms with E-state index in [1.54, 1.807) is 24.0 Å². The number of aryl methyl sites for hydroxylation is 1. The molecule has 0 aromatic carbocycles. The van der Waals surface area contributed by atoms with Crippen molar-refractivity contribution in [3.8, 4) is 0 Å². The summed E-state index contributed by atoms with van der Waals surface area (Å²) in [5.41, 5.74) is 0. The van der Waals surface area contributed by atoms with Crippen molar-refractivity contribution >= 4 is 11.1 Å². The molecule has 1 rings (SSSR count). The van der Waals surface area contributed by atoms with Crippen LogP contribution >= 0.6 is 0 Å². The Morgan fingerprint density at radius 3 is 2.90 bits per heavy atom. The van der Waals surface area contributed by atoms with E-state index in [-0.39, 0.29) is 0 Å². The van der Waals surface area contributed by atoms with Gasteiger partial charge in [0.2, 0.25) is 11.1 Å². The summed E-state index contributed by atoms with van der Waals surface area (Å²) < 4.78 is 17.0. The maximum Gasteiger partial charge on any atom is 0.209 e. The zero-order valence-electron chi connectivity index (χ0n) is 5.77. The first-order valence-corrected chi connectivity index (χ1v) is 3.77. The van der Waals surface area contributed by atoms with Crippen molar-refractivity contribution in [1.82, 2.24) is 9.78 Å². The van der Waals surface area contributed by atoms with E-state index in [1.165, 1.54) is 7.11 Å². The number of rotatable bonds is 2. The molecule has 0 N–H and O–H groups in total. The van der Waals surface area contributed by atoms with Crippen LogP contribution in [0.15, 0.2) is 17.3 Å². The van der Waals surface area contributed by atoms with Gasteiger partial charge in [-0.05, 0) is 6.07 Å². The second kappa shape index (κ2) is 2.94. The molecule has 0 saturated heterocycles. The first-order chi connectivity index (χ1) is 4.74. The van der Waals surface area contributed by atoms with Crippen molar-refractivity contribution in [3.05, 3.63) is 12.3 Å². The molecule has 1 unspecified atom stereocenters. The average molecular weight is 160 g/mol. The van der Waals surface area contributed by atoms with E-state index in [0.717, 1.165) is 0 Å². The Morgan fingerprint density at radius 1 is 1.80 bits per heavy atom. The minimum absolute atomic E-state index is 0.449. The van der Waals surface area contributed by atoms with Crippen LogP contribution in [0.3, 0.4) is 0 Å². The molecule has 0 saturated carbocycles. The van der Waals surface area contributed by atoms with Crippen LogP contribution < -0.4 is 0 Å². The molecule has 0 aliphatic carbocycles. The second-order valence-corrected chi connectivity index (χ2v) is 2.95. The fourth-order valence-corrected chi connectivity index (χ4v) is 1.11. The second-order valence-electron chi connectivity index (χ2n) is 1.73. The number of nitrogens with zero attached hydrogens (tertiary/aromatic N) is 2. The zero-order chi connectivity index (χ0) is 7.56. The van der Waals surface area contributed by atoms with Crippen LogP contribution in [-0.4, -0.2) is 21.1 Å². The third kappa shape index (κ3) is 1.43. The highest BCUT2D eigenvalue weighted by Crippen LogP contribution is 2.00. The van der Waals surface area contributed by atoms with Crippen LogP contribution in [-0.2, 0) is 22.3 Å². The topological polar surface area (TPSA) is 44.1 Å². The van der Waals surface area contributed by atoms with Crippen molar-refractivity contribution in [2.75, 3.05) is 7.11 Å². The average Bonchev–Trinajstić information content (AvgIpc) is 2.34. The Kier molecular flexibility index (Phi) is 2.18. The summed E-state index contributed by atoms with van der Waals surface area (Å²) >= 11 is -1.40. The monoisotopic (exact) mass is 160 g/mol. The highest BCUT2D eigenvalue weighted by molar-refractivity contribution is 7.80. The fraction of sp³-hybridized carbons (Fsp3) is 0.400. The zero-order valence-corrected chi connectivity index (χ0v) is 6.59. The first-order valence-electron chi connectivity index (χ1n) is 2.70. The summed E-state index contributed by atoms with van der Waals surface area (Å²) in [5.74, 6) is 0. The lowest BCUT2D eigenvalue weighted by Gasteiger charge is -1.90. The van der Waals surface area contributed by atoms with Gasteiger partial charge in [0.25, 0.3) is 0 Å². The van der Waals surface area contributed by atoms with Gasteiger partial charge in [0, 0.05) is 13.2 Å². The normalized spacial score (nSPS) is 13.4. The predicted octanol–water partition coefficient (Wildman–Crippen LogP) is 0.0891. The van der Waals surface area contributed by atoms with E-state index in [2.05, 4.69) is 9.28 Å². The molecule has 0 fully saturated rings. The first kappa shape index (κ1) is 7.43. The SMILES string of the molecule is COS(=O)c1ccn(C)n1. The third-order valence-corrected chi connectivity index (χ3v) is 1.87. The standard InChI is InChI=1S/C5H8N2O2S/c1-7-4-3-5(6-7)10(8)9-2/h3-4H,1-2H3. The van der Waals surface area contributed by atoms with E-state index in [9.17, 15) is 4.21 Å². The van der Waals surface area contributed by atoms with Crippen LogP contribution in [0.5, 0.6) is 0 Å². The molecule has 5 heteroatoms. The van der Waals surface area contributed by atoms with Gasteiger partial charge in [-0.15, -0.1) is 0 Å². The summed E-state index contributed by atoms with van der Waals surface area (Å²) in [6.07, 6.45) is 1.71. The molecule has 10 heavy (non-hydrogen) atoms. The molecule has 0 spiro atoms. The van der Waals surface area contributed by atoms with Crippen molar-refractivity contribution < 1.29 is 8.39 Å². The highest BCUT2D eigenvalue weighted by atomic mass is 32.2. The molecule has 0 aliphatic rings. The van der Waals surface area contributed by atoms with Gasteiger partial charge in [0.1, 0.15) is 0 Å². The maximum absolute atomic E-state index is 10.8. The summed E-state index contributed by atoms with van der Waals surface area (Å²) in [7, 11) is 3.14. The van der Waals surface area contributed by atoms with E-state index < -0.39 is 11.1 Å². The van der Waals surface area contributed by atoms with Crippen LogP contribution in [0.4, 0.5) is 0 Å². The predicted molar refractivity (Wildman–Crippen MR) is 36.6 cm³/mol. The lowest BCUT2D eigenvalue weighted by Crippen LogP contribution is -1.95. The molecule has 0 amide bonds. The summed E-state index contributed by atoms with van der Waals surface area (Å²) in [6, 6.07) is 1.65. The Bertz CT molecular complexity index is 246. The van der Waals surface area contributed by atoms with Crippen molar-refractivity contribution in [1.29, 1.82) is 0 Å². The molecule has 1 aromatic rings. The molecule has 4 nitrogen and oxygen atoms in total. The third-order valence-electron chi connectivity index (χ3n) is 1.01. The van der Waals surface area contributed by atoms with Gasteiger partial charge in [-0.2, -0.15) is 5.10 Å². The number of hydrogen-bond donors (Lipinski definition) is 0. The maximum atomic E-state index is 10.8. The summed E-state index contributed by atoms with van der Waals surface area (Å²) in [6.45, 7) is 0. The van der Waals surface area contributed by atoms with Crippen molar-refractivity contribution in [2.45, 2.75) is 5.03 Å². The largest absolute Gasteiger partial charge is 0.289 e. The van der Waals surface area contributed by atoms with Gasteiger partial charge in [-0.3, -0.25) is 8.86 Å². The van der Waals surface area contributed by atoms with Gasteiger partial charge in [0.15, 0.2) is 5.03 Å². The minimum atomic E-state index is -1.40. The number of aromatic nitrogens is 2. The highest BCUT2D eigenvalue weighted by Gasteiger charge is 2.03. The lowest BCUT2D eigenvalue weighted by molar-refractivity contribution is 0.442. The Labute approximate surface area is 61.5 Å².